The number of ether oxygens (including phenoxy) is 1. The number of carbonyl (C=O) groups is 2. The van der Waals surface area contributed by atoms with E-state index in [1.165, 1.54) is 23.3 Å². The number of Topliss-reactive ketones (excluding diaryl/α,β-unsaturated/α-hetero) is 1. The van der Waals surface area contributed by atoms with Crippen LogP contribution in [0.2, 0.25) is 0 Å². The molecule has 176 valence electrons. The second-order valence-corrected chi connectivity index (χ2v) is 8.96. The number of likely N-dealkylation sites (tertiary alicyclic amines) is 1. The zero-order valence-corrected chi connectivity index (χ0v) is 18.6. The standard InChI is InChI=1S/C26H28F3NO3/c1-2-17-3-5-18(6-4-17)16-30-13-11-19(12-14-30)24(32)22-15-23(31)33-25(22)20-7-9-21(10-8-20)26(27,28)29/h3-10,19,22,25H,2,11-16H2,1H3/t22-,25-/m0/s1. The molecule has 0 aromatic heterocycles. The smallest absolute Gasteiger partial charge is 0.416 e. The molecule has 2 aromatic rings. The van der Waals surface area contributed by atoms with Gasteiger partial charge in [0, 0.05) is 12.5 Å². The van der Waals surface area contributed by atoms with E-state index in [2.05, 4.69) is 36.1 Å². The van der Waals surface area contributed by atoms with Crippen molar-refractivity contribution in [3.63, 3.8) is 0 Å². The Morgan fingerprint density at radius 1 is 1.00 bits per heavy atom. The lowest BCUT2D eigenvalue weighted by atomic mass is 9.81. The van der Waals surface area contributed by atoms with Crippen molar-refractivity contribution in [3.05, 3.63) is 70.8 Å². The van der Waals surface area contributed by atoms with Crippen molar-refractivity contribution in [2.24, 2.45) is 11.8 Å². The fourth-order valence-electron chi connectivity index (χ4n) is 4.79. The van der Waals surface area contributed by atoms with E-state index in [1.54, 1.807) is 0 Å². The van der Waals surface area contributed by atoms with Crippen LogP contribution in [0.25, 0.3) is 0 Å². The number of rotatable bonds is 6. The number of ketones is 1. The van der Waals surface area contributed by atoms with E-state index in [0.717, 1.165) is 38.2 Å². The van der Waals surface area contributed by atoms with Crippen LogP contribution >= 0.6 is 0 Å². The first kappa shape index (κ1) is 23.5. The van der Waals surface area contributed by atoms with Gasteiger partial charge in [0.25, 0.3) is 0 Å². The van der Waals surface area contributed by atoms with Crippen LogP contribution in [0, 0.1) is 11.8 Å². The minimum atomic E-state index is -4.44. The molecule has 4 nitrogen and oxygen atoms in total. The van der Waals surface area contributed by atoms with Gasteiger partial charge in [0.15, 0.2) is 0 Å². The number of carbonyl (C=O) groups excluding carboxylic acids is 2. The molecule has 0 amide bonds. The van der Waals surface area contributed by atoms with E-state index < -0.39 is 29.7 Å². The molecule has 33 heavy (non-hydrogen) atoms. The third kappa shape index (κ3) is 5.46. The minimum absolute atomic E-state index is 0.0160. The van der Waals surface area contributed by atoms with Gasteiger partial charge in [0.2, 0.25) is 0 Å². The van der Waals surface area contributed by atoms with Crippen LogP contribution in [-0.4, -0.2) is 29.7 Å². The first-order chi connectivity index (χ1) is 15.7. The Balaban J connectivity index is 1.37. The Labute approximate surface area is 191 Å². The topological polar surface area (TPSA) is 46.6 Å². The summed E-state index contributed by atoms with van der Waals surface area (Å²) in [5, 5.41) is 0. The quantitative estimate of drug-likeness (QED) is 0.546. The van der Waals surface area contributed by atoms with Crippen molar-refractivity contribution in [1.29, 1.82) is 0 Å². The second-order valence-electron chi connectivity index (χ2n) is 8.96. The molecule has 0 bridgehead atoms. The number of piperidine rings is 1. The van der Waals surface area contributed by atoms with E-state index in [4.69, 9.17) is 4.74 Å². The number of benzene rings is 2. The third-order valence-electron chi connectivity index (χ3n) is 6.77. The van der Waals surface area contributed by atoms with Gasteiger partial charge >= 0.3 is 12.1 Å². The Bertz CT molecular complexity index is 977. The van der Waals surface area contributed by atoms with Crippen LogP contribution in [0.1, 0.15) is 54.5 Å². The van der Waals surface area contributed by atoms with Crippen molar-refractivity contribution < 1.29 is 27.5 Å². The van der Waals surface area contributed by atoms with Crippen molar-refractivity contribution in [2.75, 3.05) is 13.1 Å². The molecule has 2 heterocycles. The van der Waals surface area contributed by atoms with E-state index in [-0.39, 0.29) is 18.1 Å². The number of nitrogens with zero attached hydrogens (tertiary/aromatic N) is 1. The number of esters is 1. The SMILES string of the molecule is CCc1ccc(CN2CCC(C(=O)[C@@H]3CC(=O)O[C@H]3c3ccc(C(F)(F)F)cc3)CC2)cc1. The van der Waals surface area contributed by atoms with Crippen LogP contribution in [-0.2, 0) is 33.5 Å². The second kappa shape index (κ2) is 9.67. The Hall–Kier alpha value is -2.67. The van der Waals surface area contributed by atoms with E-state index in [9.17, 15) is 22.8 Å². The first-order valence-corrected chi connectivity index (χ1v) is 11.4. The predicted octanol–water partition coefficient (Wildman–Crippen LogP) is 5.35. The van der Waals surface area contributed by atoms with Gasteiger partial charge in [-0.15, -0.1) is 0 Å². The Morgan fingerprint density at radius 3 is 2.18 bits per heavy atom. The summed E-state index contributed by atoms with van der Waals surface area (Å²) < 4.78 is 44.0. The maximum absolute atomic E-state index is 13.3. The molecule has 2 aliphatic rings. The van der Waals surface area contributed by atoms with Gasteiger partial charge in [-0.25, -0.2) is 0 Å². The third-order valence-corrected chi connectivity index (χ3v) is 6.77. The molecule has 7 heteroatoms. The average molecular weight is 460 g/mol. The molecule has 2 fully saturated rings. The van der Waals surface area contributed by atoms with Crippen LogP contribution in [0.3, 0.4) is 0 Å². The molecule has 0 N–H and O–H groups in total. The Kier molecular flexibility index (Phi) is 6.88. The fourth-order valence-corrected chi connectivity index (χ4v) is 4.79. The molecule has 0 spiro atoms. The monoisotopic (exact) mass is 459 g/mol. The summed E-state index contributed by atoms with van der Waals surface area (Å²) in [6.45, 7) is 4.54. The number of hydrogen-bond acceptors (Lipinski definition) is 4. The predicted molar refractivity (Wildman–Crippen MR) is 117 cm³/mol. The zero-order valence-electron chi connectivity index (χ0n) is 18.6. The lowest BCUT2D eigenvalue weighted by Gasteiger charge is -2.32. The van der Waals surface area contributed by atoms with Gasteiger partial charge in [-0.3, -0.25) is 14.5 Å². The maximum atomic E-state index is 13.3. The normalized spacial score (nSPS) is 22.4. The summed E-state index contributed by atoms with van der Waals surface area (Å²) in [4.78, 5) is 27.6. The van der Waals surface area contributed by atoms with E-state index >= 15 is 0 Å². The number of cyclic esters (lactones) is 1. The van der Waals surface area contributed by atoms with Crippen molar-refractivity contribution in [1.82, 2.24) is 4.90 Å². The molecular formula is C26H28F3NO3. The number of aryl methyl sites for hydroxylation is 1. The highest BCUT2D eigenvalue weighted by atomic mass is 19.4. The van der Waals surface area contributed by atoms with Crippen LogP contribution in [0.15, 0.2) is 48.5 Å². The van der Waals surface area contributed by atoms with Gasteiger partial charge in [0.05, 0.1) is 17.9 Å². The van der Waals surface area contributed by atoms with Crippen molar-refractivity contribution >= 4 is 11.8 Å². The van der Waals surface area contributed by atoms with Crippen LogP contribution < -0.4 is 0 Å². The number of hydrogen-bond donors (Lipinski definition) is 0. The summed E-state index contributed by atoms with van der Waals surface area (Å²) in [6, 6.07) is 13.1. The molecule has 2 saturated heterocycles. The van der Waals surface area contributed by atoms with Crippen molar-refractivity contribution in [3.8, 4) is 0 Å². The van der Waals surface area contributed by atoms with Crippen molar-refractivity contribution in [2.45, 2.75) is 51.4 Å². The summed E-state index contributed by atoms with van der Waals surface area (Å²) in [6.07, 6.45) is -2.86. The first-order valence-electron chi connectivity index (χ1n) is 11.4. The summed E-state index contributed by atoms with van der Waals surface area (Å²) in [5.41, 5.74) is 2.21. The largest absolute Gasteiger partial charge is 0.457 e. The van der Waals surface area contributed by atoms with E-state index in [1.807, 2.05) is 0 Å². The molecule has 0 unspecified atom stereocenters. The Morgan fingerprint density at radius 2 is 1.61 bits per heavy atom. The fraction of sp³-hybridized carbons (Fsp3) is 0.462. The lowest BCUT2D eigenvalue weighted by molar-refractivity contribution is -0.142. The van der Waals surface area contributed by atoms with Crippen LogP contribution in [0.5, 0.6) is 0 Å². The average Bonchev–Trinajstić information content (AvgIpc) is 3.21. The minimum Gasteiger partial charge on any atom is -0.457 e. The summed E-state index contributed by atoms with van der Waals surface area (Å²) in [7, 11) is 0. The molecule has 0 saturated carbocycles. The molecular weight excluding hydrogens is 431 g/mol. The van der Waals surface area contributed by atoms with Crippen LogP contribution in [0.4, 0.5) is 13.2 Å². The lowest BCUT2D eigenvalue weighted by Crippen LogP contribution is -2.38. The highest BCUT2D eigenvalue weighted by Crippen LogP contribution is 2.40. The number of alkyl halides is 3. The van der Waals surface area contributed by atoms with Gasteiger partial charge in [0.1, 0.15) is 11.9 Å². The molecule has 2 atom stereocenters. The highest BCUT2D eigenvalue weighted by molar-refractivity contribution is 5.90. The van der Waals surface area contributed by atoms with Gasteiger partial charge in [-0.2, -0.15) is 13.2 Å². The molecule has 0 aliphatic carbocycles. The van der Waals surface area contributed by atoms with Gasteiger partial charge in [-0.05, 0) is 61.2 Å². The number of halogens is 3. The molecule has 2 aromatic carbocycles. The van der Waals surface area contributed by atoms with E-state index in [0.29, 0.717) is 18.4 Å². The summed E-state index contributed by atoms with van der Waals surface area (Å²) in [5.74, 6) is -1.31. The highest BCUT2D eigenvalue weighted by Gasteiger charge is 2.43. The van der Waals surface area contributed by atoms with Gasteiger partial charge in [-0.1, -0.05) is 43.3 Å². The summed E-state index contributed by atoms with van der Waals surface area (Å²) >= 11 is 0. The molecule has 4 rings (SSSR count). The molecule has 0 radical (unpaired) electrons. The maximum Gasteiger partial charge on any atom is 0.416 e. The molecule has 2 aliphatic heterocycles. The van der Waals surface area contributed by atoms with Gasteiger partial charge < -0.3 is 4.74 Å². The zero-order chi connectivity index (χ0) is 23.6.